The fourth-order valence-electron chi connectivity index (χ4n) is 6.12. The van der Waals surface area contributed by atoms with Crippen molar-refractivity contribution in [2.45, 2.75) is 124 Å². The summed E-state index contributed by atoms with van der Waals surface area (Å²) in [5, 5.41) is 22.3. The van der Waals surface area contributed by atoms with E-state index in [-0.39, 0.29) is 55.3 Å². The Balaban J connectivity index is 0.000000967. The van der Waals surface area contributed by atoms with Gasteiger partial charge in [-0.3, -0.25) is 62.6 Å². The number of carbonyl (C=O) groups is 11. The van der Waals surface area contributed by atoms with Gasteiger partial charge in [-0.2, -0.15) is 8.78 Å². The van der Waals surface area contributed by atoms with Crippen LogP contribution in [-0.4, -0.2) is 135 Å². The second kappa shape index (κ2) is 31.9. The number of nitrogens with one attached hydrogen (secondary N) is 2. The number of nitrogens with zero attached hydrogens (tertiary/aromatic N) is 3. The van der Waals surface area contributed by atoms with Crippen LogP contribution in [0.1, 0.15) is 106 Å². The smallest absolute Gasteiger partial charge is 0.326 e. The molecule has 3 heterocycles. The van der Waals surface area contributed by atoms with Crippen LogP contribution in [0.2, 0.25) is 0 Å². The second-order valence-corrected chi connectivity index (χ2v) is 15.7. The first-order chi connectivity index (χ1) is 33.6. The van der Waals surface area contributed by atoms with E-state index in [1.54, 1.807) is 6.92 Å². The maximum absolute atomic E-state index is 13.4. The number of ether oxygens (including phenoxy) is 1. The lowest BCUT2D eigenvalue weighted by molar-refractivity contribution is -0.143. The summed E-state index contributed by atoms with van der Waals surface area (Å²) in [6.07, 6.45) is 7.20. The molecule has 72 heavy (non-hydrogen) atoms. The molecule has 3 aliphatic rings. The van der Waals surface area contributed by atoms with Crippen LogP contribution in [-0.2, 0) is 52.7 Å². The van der Waals surface area contributed by atoms with Gasteiger partial charge in [-0.15, -0.1) is 0 Å². The van der Waals surface area contributed by atoms with Gasteiger partial charge in [0, 0.05) is 73.5 Å². The number of amides is 8. The van der Waals surface area contributed by atoms with Gasteiger partial charge in [-0.25, -0.2) is 18.0 Å². The van der Waals surface area contributed by atoms with Crippen LogP contribution >= 0.6 is 0 Å². The van der Waals surface area contributed by atoms with Crippen LogP contribution in [0.25, 0.3) is 0 Å². The van der Waals surface area contributed by atoms with Gasteiger partial charge in [0.2, 0.25) is 46.6 Å². The number of carboxylic acids is 2. The maximum Gasteiger partial charge on any atom is 0.326 e. The Kier molecular flexibility index (Phi) is 28.7. The molecule has 0 aliphatic carbocycles. The van der Waals surface area contributed by atoms with Crippen molar-refractivity contribution in [1.82, 2.24) is 25.3 Å². The van der Waals surface area contributed by atoms with E-state index in [1.807, 2.05) is 20.8 Å². The number of rotatable bonds is 20. The number of nitrogens with two attached hydrogens (primary N) is 2. The summed E-state index contributed by atoms with van der Waals surface area (Å²) in [5.74, 6) is -20.1. The molecule has 3 atom stereocenters. The van der Waals surface area contributed by atoms with E-state index in [9.17, 15) is 74.7 Å². The lowest BCUT2D eigenvalue weighted by Crippen LogP contribution is -2.42. The van der Waals surface area contributed by atoms with Crippen LogP contribution in [0.5, 0.6) is 5.75 Å². The predicted octanol–water partition coefficient (Wildman–Crippen LogP) is 2.82. The van der Waals surface area contributed by atoms with E-state index in [0.717, 1.165) is 35.1 Å². The van der Waals surface area contributed by atoms with E-state index in [0.29, 0.717) is 35.3 Å². The molecule has 0 spiro atoms. The number of carboxylic acid groups (broad SMARTS) is 2. The van der Waals surface area contributed by atoms with Crippen molar-refractivity contribution in [3.63, 3.8) is 0 Å². The van der Waals surface area contributed by atoms with Crippen LogP contribution in [0, 0.1) is 29.1 Å². The third-order valence-corrected chi connectivity index (χ3v) is 9.87. The molecular weight excluding hydrogens is 970 g/mol. The van der Waals surface area contributed by atoms with Gasteiger partial charge in [0.15, 0.2) is 0 Å². The quantitative estimate of drug-likeness (QED) is 0.0273. The molecule has 3 unspecified atom stereocenters. The number of carbonyl (C=O) groups excluding carboxylic acids is 9. The van der Waals surface area contributed by atoms with E-state index < -0.39 is 107 Å². The molecule has 4 rings (SSSR count). The van der Waals surface area contributed by atoms with E-state index in [4.69, 9.17) is 15.9 Å². The Bertz CT molecular complexity index is 2280. The molecule has 0 bridgehead atoms. The minimum atomic E-state index is -2.39. The molecule has 0 saturated heterocycles. The van der Waals surface area contributed by atoms with Crippen molar-refractivity contribution in [2.24, 2.45) is 11.5 Å². The second-order valence-electron chi connectivity index (χ2n) is 15.7. The van der Waals surface area contributed by atoms with Crippen molar-refractivity contribution in [2.75, 3.05) is 26.7 Å². The summed E-state index contributed by atoms with van der Waals surface area (Å²) >= 11 is 0. The lowest BCUT2D eigenvalue weighted by atomic mass is 10.1. The highest BCUT2D eigenvalue weighted by Crippen LogP contribution is 2.29. The minimum absolute atomic E-state index is 0.0458. The Morgan fingerprint density at radius 2 is 0.917 bits per heavy atom. The van der Waals surface area contributed by atoms with Crippen LogP contribution in [0.4, 0.5) is 22.0 Å². The molecule has 8 amide bonds. The van der Waals surface area contributed by atoms with Gasteiger partial charge in [0.1, 0.15) is 12.1 Å². The molecule has 3 aliphatic heterocycles. The summed E-state index contributed by atoms with van der Waals surface area (Å²) in [7, 11) is 1.50. The number of halogens is 5. The Hall–Kier alpha value is -7.22. The zero-order valence-electron chi connectivity index (χ0n) is 41.1. The minimum Gasteiger partial charge on any atom is -0.480 e. The van der Waals surface area contributed by atoms with Crippen LogP contribution in [0.15, 0.2) is 34.9 Å². The molecule has 1 aromatic carbocycles. The average Bonchev–Trinajstić information content (AvgIpc) is 3.83. The Morgan fingerprint density at radius 1 is 0.569 bits per heavy atom. The van der Waals surface area contributed by atoms with Crippen molar-refractivity contribution < 1.29 is 89.6 Å². The van der Waals surface area contributed by atoms with Gasteiger partial charge in [0.25, 0.3) is 35.4 Å². The van der Waals surface area contributed by atoms with Gasteiger partial charge >= 0.3 is 17.9 Å². The summed E-state index contributed by atoms with van der Waals surface area (Å²) in [5.41, 5.74) is 10.5. The summed E-state index contributed by atoms with van der Waals surface area (Å²) in [6, 6.07) is -1.47. The molecule has 0 radical (unpaired) electrons. The van der Waals surface area contributed by atoms with Crippen molar-refractivity contribution in [3.8, 4) is 5.75 Å². The highest BCUT2D eigenvalue weighted by molar-refractivity contribution is 6.17. The van der Waals surface area contributed by atoms with Gasteiger partial charge in [-0.1, -0.05) is 40.0 Å². The largest absolute Gasteiger partial charge is 0.480 e. The fourth-order valence-corrected chi connectivity index (χ4v) is 6.12. The number of benzene rings is 1. The van der Waals surface area contributed by atoms with Crippen LogP contribution in [0.3, 0.4) is 0 Å². The zero-order chi connectivity index (χ0) is 55.7. The first-order valence-corrected chi connectivity index (χ1v) is 22.4. The normalized spacial score (nSPS) is 15.0. The third-order valence-electron chi connectivity index (χ3n) is 9.87. The highest BCUT2D eigenvalue weighted by atomic mass is 19.2. The fraction of sp³-hybridized carbons (Fsp3) is 0.500. The molecule has 1 aromatic rings. The molecule has 0 aromatic heterocycles. The number of esters is 1. The average molecular weight is 1030 g/mol. The number of imide groups is 3. The first kappa shape index (κ1) is 64.8. The standard InChI is InChI=1S/C14H8F5NO4.C13H18N2O5.C13H20N2O3.C5H11NO2.CH5N/c1-5-4-6(21)20(14(5)23)3-2-7(22)24-13-11(18)9(16)8(15)10(17)12(13)19;1-3-4-9(13(19)20)14-10(16)5-6-15-11(17)7-8(2)12(15)18;1-4-5-10(3)14-11(16)6-7-15-12(17)8-9(2)13(15)18;1-2-3-4(6)5(7)8;1-2/h4H,2-3H2,1H3;7,9H,3-6H2,1-2H3,(H,14,16)(H,19,20);8,10H,4-7H2,1-3H3,(H,14,16);4H,2-3,6H2,1H3,(H,7,8);2H2,1H3. The monoisotopic (exact) mass is 1030 g/mol. The molecule has 400 valence electrons. The summed E-state index contributed by atoms with van der Waals surface area (Å²) in [6.45, 7) is 11.9. The van der Waals surface area contributed by atoms with E-state index in [2.05, 4.69) is 28.0 Å². The summed E-state index contributed by atoms with van der Waals surface area (Å²) < 4.78 is 69.7. The Morgan fingerprint density at radius 3 is 1.22 bits per heavy atom. The molecule has 26 heteroatoms. The molecule has 21 nitrogen and oxygen atoms in total. The van der Waals surface area contributed by atoms with Crippen molar-refractivity contribution >= 4 is 65.2 Å². The molecular formula is C46H62F5N7O14. The Labute approximate surface area is 411 Å². The van der Waals surface area contributed by atoms with Crippen LogP contribution < -0.4 is 26.8 Å². The number of hydrogen-bond donors (Lipinski definition) is 6. The first-order valence-electron chi connectivity index (χ1n) is 22.4. The van der Waals surface area contributed by atoms with E-state index >= 15 is 0 Å². The SMILES string of the molecule is CC1=CC(=O)N(CCC(=O)Oc2c(F)c(F)c(F)c(F)c2F)C1=O.CCCC(C)NC(=O)CCN1C(=O)C=C(C)C1=O.CCCC(N)C(=O)O.CCCC(NC(=O)CCN1C(=O)C=C(C)C1=O)C(=O)O.CN. The zero-order valence-corrected chi connectivity index (χ0v) is 41.1. The van der Waals surface area contributed by atoms with Gasteiger partial charge in [-0.05, 0) is 54.0 Å². The number of hydrogen-bond acceptors (Lipinski definition) is 14. The molecule has 0 saturated carbocycles. The molecule has 0 fully saturated rings. The maximum atomic E-state index is 13.4. The highest BCUT2D eigenvalue weighted by Gasteiger charge is 2.32. The van der Waals surface area contributed by atoms with Gasteiger partial charge in [0.05, 0.1) is 6.42 Å². The predicted molar refractivity (Wildman–Crippen MR) is 245 cm³/mol. The van der Waals surface area contributed by atoms with E-state index in [1.165, 1.54) is 33.0 Å². The summed E-state index contributed by atoms with van der Waals surface area (Å²) in [4.78, 5) is 127. The topological polar surface area (TPSA) is 323 Å². The number of aliphatic carboxylic acids is 2. The third kappa shape index (κ3) is 20.2. The lowest BCUT2D eigenvalue weighted by Gasteiger charge is -2.16. The van der Waals surface area contributed by atoms with Gasteiger partial charge < -0.3 is 37.1 Å². The van der Waals surface area contributed by atoms with Crippen molar-refractivity contribution in [1.29, 1.82) is 0 Å². The van der Waals surface area contributed by atoms with Crippen molar-refractivity contribution in [3.05, 3.63) is 64.0 Å². The molecule has 8 N–H and O–H groups in total.